The molecule has 0 unspecified atom stereocenters. The van der Waals surface area contributed by atoms with Crippen LogP contribution >= 0.6 is 0 Å². The van der Waals surface area contributed by atoms with Crippen LogP contribution in [0, 0.1) is 6.92 Å². The average Bonchev–Trinajstić information content (AvgIpc) is 2.71. The molecule has 1 aliphatic carbocycles. The minimum absolute atomic E-state index is 1.20. The Labute approximate surface area is 61.2 Å². The largest absolute Gasteiger partial charge is 0.0760 e. The minimum Gasteiger partial charge on any atom is -0.0760 e. The highest BCUT2D eigenvalue weighted by molar-refractivity contribution is 5.77. The first-order chi connectivity index (χ1) is 4.86. The summed E-state index contributed by atoms with van der Waals surface area (Å²) in [5.41, 5.74) is 4.23. The van der Waals surface area contributed by atoms with Crippen LogP contribution in [0.5, 0.6) is 0 Å². The van der Waals surface area contributed by atoms with Gasteiger partial charge < -0.3 is 0 Å². The second kappa shape index (κ2) is 1.98. The van der Waals surface area contributed by atoms with E-state index in [2.05, 4.69) is 37.3 Å². The first-order valence-electron chi connectivity index (χ1n) is 3.62. The van der Waals surface area contributed by atoms with Crippen LogP contribution in [-0.2, 0) is 0 Å². The van der Waals surface area contributed by atoms with Gasteiger partial charge >= 0.3 is 0 Å². The molecule has 0 heterocycles. The number of aryl methyl sites for hydroxylation is 1. The summed E-state index contributed by atoms with van der Waals surface area (Å²) < 4.78 is 0. The summed E-state index contributed by atoms with van der Waals surface area (Å²) in [5.74, 6) is 0. The molecule has 0 nitrogen and oxygen atoms in total. The maximum absolute atomic E-state index is 2.25. The molecule has 0 fully saturated rings. The lowest BCUT2D eigenvalue weighted by Crippen LogP contribution is -1.73. The second-order valence-corrected chi connectivity index (χ2v) is 2.80. The number of hydrogen-bond donors (Lipinski definition) is 0. The molecule has 0 saturated carbocycles. The number of hydrogen-bond acceptors (Lipinski definition) is 0. The number of rotatable bonds is 1. The summed E-state index contributed by atoms with van der Waals surface area (Å²) in [7, 11) is 0. The molecular formula is C10H10. The zero-order chi connectivity index (χ0) is 6.97. The zero-order valence-electron chi connectivity index (χ0n) is 6.09. The molecule has 1 aromatic rings. The van der Waals surface area contributed by atoms with Crippen molar-refractivity contribution in [3.8, 4) is 0 Å². The van der Waals surface area contributed by atoms with E-state index in [-0.39, 0.29) is 0 Å². The van der Waals surface area contributed by atoms with Crippen molar-refractivity contribution in [3.05, 3.63) is 41.5 Å². The molecule has 10 heavy (non-hydrogen) atoms. The van der Waals surface area contributed by atoms with Gasteiger partial charge in [-0.1, -0.05) is 35.9 Å². The van der Waals surface area contributed by atoms with Crippen molar-refractivity contribution in [1.82, 2.24) is 0 Å². The van der Waals surface area contributed by atoms with Gasteiger partial charge in [-0.3, -0.25) is 0 Å². The van der Waals surface area contributed by atoms with Gasteiger partial charge in [0.1, 0.15) is 0 Å². The maximum atomic E-state index is 2.25. The first kappa shape index (κ1) is 5.72. The predicted octanol–water partition coefficient (Wildman–Crippen LogP) is 2.78. The molecule has 2 rings (SSSR count). The quantitative estimate of drug-likeness (QED) is 0.548. The van der Waals surface area contributed by atoms with E-state index in [0.29, 0.717) is 0 Å². The average molecular weight is 130 g/mol. The molecule has 0 saturated heterocycles. The van der Waals surface area contributed by atoms with Gasteiger partial charge in [0, 0.05) is 0 Å². The molecule has 0 aliphatic heterocycles. The van der Waals surface area contributed by atoms with Crippen LogP contribution in [0.2, 0.25) is 0 Å². The third-order valence-corrected chi connectivity index (χ3v) is 1.83. The van der Waals surface area contributed by atoms with Gasteiger partial charge in [0.25, 0.3) is 0 Å². The standard InChI is InChI=1S/C10H10/c1-8-2-4-9(5-3-8)10-6-7-10/h2-6H,7H2,1H3. The molecule has 1 aromatic carbocycles. The van der Waals surface area contributed by atoms with E-state index in [1.807, 2.05) is 0 Å². The lowest BCUT2D eigenvalue weighted by molar-refractivity contribution is 1.45. The van der Waals surface area contributed by atoms with Gasteiger partial charge in [-0.2, -0.15) is 0 Å². The van der Waals surface area contributed by atoms with Gasteiger partial charge in [0.05, 0.1) is 0 Å². The fraction of sp³-hybridized carbons (Fsp3) is 0.200. The Morgan fingerprint density at radius 2 is 1.70 bits per heavy atom. The Hall–Kier alpha value is -1.04. The van der Waals surface area contributed by atoms with Gasteiger partial charge in [-0.15, -0.1) is 0 Å². The molecule has 50 valence electrons. The SMILES string of the molecule is Cc1ccc(C2=CC2)cc1. The van der Waals surface area contributed by atoms with Gasteiger partial charge in [-0.05, 0) is 24.5 Å². The van der Waals surface area contributed by atoms with Crippen molar-refractivity contribution in [2.45, 2.75) is 13.3 Å². The Morgan fingerprint density at radius 1 is 1.10 bits per heavy atom. The molecular weight excluding hydrogens is 120 g/mol. The maximum Gasteiger partial charge on any atom is -0.00884 e. The van der Waals surface area contributed by atoms with Crippen LogP contribution < -0.4 is 0 Å². The smallest absolute Gasteiger partial charge is 0.00884 e. The first-order valence-corrected chi connectivity index (χ1v) is 3.62. The normalized spacial score (nSPS) is 14.7. The Kier molecular flexibility index (Phi) is 1.13. The Bertz CT molecular complexity index is 265. The summed E-state index contributed by atoms with van der Waals surface area (Å²) in [5, 5.41) is 0. The van der Waals surface area contributed by atoms with Crippen LogP contribution in [0.15, 0.2) is 30.3 Å². The van der Waals surface area contributed by atoms with Crippen LogP contribution in [0.4, 0.5) is 0 Å². The van der Waals surface area contributed by atoms with E-state index in [1.165, 1.54) is 23.1 Å². The van der Waals surface area contributed by atoms with E-state index in [0.717, 1.165) is 0 Å². The molecule has 0 radical (unpaired) electrons. The van der Waals surface area contributed by atoms with E-state index in [4.69, 9.17) is 0 Å². The van der Waals surface area contributed by atoms with Gasteiger partial charge in [0.2, 0.25) is 0 Å². The molecule has 0 heteroatoms. The third-order valence-electron chi connectivity index (χ3n) is 1.83. The Morgan fingerprint density at radius 3 is 2.20 bits per heavy atom. The van der Waals surface area contributed by atoms with Crippen molar-refractivity contribution < 1.29 is 0 Å². The van der Waals surface area contributed by atoms with E-state index in [1.54, 1.807) is 0 Å². The van der Waals surface area contributed by atoms with Crippen molar-refractivity contribution in [2.24, 2.45) is 0 Å². The van der Waals surface area contributed by atoms with Crippen molar-refractivity contribution in [2.75, 3.05) is 0 Å². The monoisotopic (exact) mass is 130 g/mol. The summed E-state index contributed by atoms with van der Waals surface area (Å²) in [6.45, 7) is 2.12. The molecule has 0 spiro atoms. The highest BCUT2D eigenvalue weighted by Crippen LogP contribution is 2.30. The summed E-state index contributed by atoms with van der Waals surface area (Å²) in [6, 6.07) is 8.70. The summed E-state index contributed by atoms with van der Waals surface area (Å²) in [4.78, 5) is 0. The van der Waals surface area contributed by atoms with Crippen LogP contribution in [0.3, 0.4) is 0 Å². The van der Waals surface area contributed by atoms with Gasteiger partial charge in [-0.25, -0.2) is 0 Å². The molecule has 0 amide bonds. The van der Waals surface area contributed by atoms with Crippen LogP contribution in [0.25, 0.3) is 5.57 Å². The van der Waals surface area contributed by atoms with Crippen molar-refractivity contribution in [1.29, 1.82) is 0 Å². The molecule has 0 bridgehead atoms. The van der Waals surface area contributed by atoms with Crippen LogP contribution in [0.1, 0.15) is 17.5 Å². The number of benzene rings is 1. The Balaban J connectivity index is 2.37. The predicted molar refractivity (Wildman–Crippen MR) is 43.8 cm³/mol. The van der Waals surface area contributed by atoms with Crippen molar-refractivity contribution >= 4 is 5.57 Å². The van der Waals surface area contributed by atoms with E-state index < -0.39 is 0 Å². The molecule has 0 atom stereocenters. The minimum atomic E-state index is 1.20. The van der Waals surface area contributed by atoms with E-state index in [9.17, 15) is 0 Å². The van der Waals surface area contributed by atoms with Crippen LogP contribution in [-0.4, -0.2) is 0 Å². The number of allylic oxidation sites excluding steroid dienone is 2. The molecule has 0 N–H and O–H groups in total. The highest BCUT2D eigenvalue weighted by atomic mass is 14.1. The lowest BCUT2D eigenvalue weighted by Gasteiger charge is -1.93. The highest BCUT2D eigenvalue weighted by Gasteiger charge is 2.08. The molecule has 1 aliphatic rings. The fourth-order valence-corrected chi connectivity index (χ4v) is 1.05. The molecule has 0 aromatic heterocycles. The summed E-state index contributed by atoms with van der Waals surface area (Å²) >= 11 is 0. The third kappa shape index (κ3) is 0.971. The van der Waals surface area contributed by atoms with Gasteiger partial charge in [0.15, 0.2) is 0 Å². The topological polar surface area (TPSA) is 0 Å². The van der Waals surface area contributed by atoms with E-state index >= 15 is 0 Å². The fourth-order valence-electron chi connectivity index (χ4n) is 1.05. The second-order valence-electron chi connectivity index (χ2n) is 2.80. The summed E-state index contributed by atoms with van der Waals surface area (Å²) in [6.07, 6.45) is 3.45. The zero-order valence-corrected chi connectivity index (χ0v) is 6.09. The van der Waals surface area contributed by atoms with Crippen molar-refractivity contribution in [3.63, 3.8) is 0 Å². The lowest BCUT2D eigenvalue weighted by atomic mass is 10.1.